The van der Waals surface area contributed by atoms with E-state index in [2.05, 4.69) is 55.8 Å². The number of nitrogens with zero attached hydrogens (tertiary/aromatic N) is 3. The summed E-state index contributed by atoms with van der Waals surface area (Å²) in [7, 11) is 0. The lowest BCUT2D eigenvalue weighted by atomic mass is 9.93. The van der Waals surface area contributed by atoms with Crippen molar-refractivity contribution in [1.82, 2.24) is 20.2 Å². The fraction of sp³-hybridized carbons (Fsp3) is 0.476. The fourth-order valence-electron chi connectivity index (χ4n) is 4.25. The van der Waals surface area contributed by atoms with Crippen molar-refractivity contribution in [2.75, 3.05) is 11.9 Å². The highest BCUT2D eigenvalue weighted by atomic mass is 16.5. The highest BCUT2D eigenvalue weighted by molar-refractivity contribution is 5.85. The zero-order chi connectivity index (χ0) is 18.1. The summed E-state index contributed by atoms with van der Waals surface area (Å²) in [6, 6.07) is 11.3. The van der Waals surface area contributed by atoms with Crippen LogP contribution in [0.1, 0.15) is 43.6 Å². The van der Waals surface area contributed by atoms with E-state index in [0.717, 1.165) is 49.1 Å². The van der Waals surface area contributed by atoms with Crippen molar-refractivity contribution in [1.29, 1.82) is 0 Å². The molecule has 140 valence electrons. The summed E-state index contributed by atoms with van der Waals surface area (Å²) in [6.45, 7) is 0.907. The zero-order valence-electron chi connectivity index (χ0n) is 15.3. The number of rotatable bonds is 6. The average molecular weight is 363 g/mol. The summed E-state index contributed by atoms with van der Waals surface area (Å²) in [6.07, 6.45) is 9.48. The van der Waals surface area contributed by atoms with Gasteiger partial charge < -0.3 is 10.1 Å². The molecule has 2 aliphatic carbocycles. The lowest BCUT2D eigenvalue weighted by Gasteiger charge is -2.29. The Bertz CT molecular complexity index is 888. The third kappa shape index (κ3) is 3.67. The van der Waals surface area contributed by atoms with Crippen LogP contribution in [-0.4, -0.2) is 38.9 Å². The van der Waals surface area contributed by atoms with Gasteiger partial charge in [-0.1, -0.05) is 30.3 Å². The van der Waals surface area contributed by atoms with Crippen LogP contribution < -0.4 is 5.32 Å². The topological polar surface area (TPSA) is 75.7 Å². The average Bonchev–Trinajstić information content (AvgIpc) is 3.34. The SMILES string of the molecule is c1ccc([C@H]2C[C@@H]2CO[C@H]2CC[C@H](Nc3ncnc4[nH]ncc34)CC2)cc1. The van der Waals surface area contributed by atoms with E-state index < -0.39 is 0 Å². The fourth-order valence-corrected chi connectivity index (χ4v) is 4.25. The highest BCUT2D eigenvalue weighted by Gasteiger charge is 2.38. The maximum Gasteiger partial charge on any atom is 0.160 e. The predicted molar refractivity (Wildman–Crippen MR) is 105 cm³/mol. The number of nitrogens with one attached hydrogen (secondary N) is 2. The minimum atomic E-state index is 0.402. The first-order valence-corrected chi connectivity index (χ1v) is 9.94. The van der Waals surface area contributed by atoms with Crippen molar-refractivity contribution < 1.29 is 4.74 Å². The molecule has 2 aromatic heterocycles. The first-order chi connectivity index (χ1) is 13.4. The first kappa shape index (κ1) is 16.7. The Morgan fingerprint density at radius 2 is 1.93 bits per heavy atom. The van der Waals surface area contributed by atoms with E-state index >= 15 is 0 Å². The maximum absolute atomic E-state index is 6.25. The van der Waals surface area contributed by atoms with Gasteiger partial charge in [-0.2, -0.15) is 5.10 Å². The van der Waals surface area contributed by atoms with Crippen LogP contribution >= 0.6 is 0 Å². The number of anilines is 1. The third-order valence-corrected chi connectivity index (χ3v) is 5.96. The molecule has 0 saturated heterocycles. The monoisotopic (exact) mass is 363 g/mol. The van der Waals surface area contributed by atoms with Crippen LogP contribution in [0.15, 0.2) is 42.9 Å². The lowest BCUT2D eigenvalue weighted by Crippen LogP contribution is -2.30. The second-order valence-electron chi connectivity index (χ2n) is 7.82. The Morgan fingerprint density at radius 1 is 1.07 bits per heavy atom. The van der Waals surface area contributed by atoms with Crippen molar-refractivity contribution in [3.8, 4) is 0 Å². The van der Waals surface area contributed by atoms with Gasteiger partial charge in [-0.15, -0.1) is 0 Å². The quantitative estimate of drug-likeness (QED) is 0.695. The Hall–Kier alpha value is -2.47. The highest BCUT2D eigenvalue weighted by Crippen LogP contribution is 2.47. The number of ether oxygens (including phenoxy) is 1. The number of H-pyrrole nitrogens is 1. The van der Waals surface area contributed by atoms with Gasteiger partial charge in [0.05, 0.1) is 24.3 Å². The van der Waals surface area contributed by atoms with Gasteiger partial charge in [-0.05, 0) is 49.5 Å². The minimum absolute atomic E-state index is 0.402. The van der Waals surface area contributed by atoms with E-state index in [1.54, 1.807) is 12.5 Å². The van der Waals surface area contributed by atoms with Crippen molar-refractivity contribution in [2.24, 2.45) is 5.92 Å². The van der Waals surface area contributed by atoms with E-state index in [9.17, 15) is 0 Å². The predicted octanol–water partition coefficient (Wildman–Crippen LogP) is 3.90. The molecular formula is C21H25N5O. The largest absolute Gasteiger partial charge is 0.378 e. The van der Waals surface area contributed by atoms with E-state index in [0.29, 0.717) is 24.0 Å². The molecule has 0 unspecified atom stereocenters. The standard InChI is InChI=1S/C21H25N5O/c1-2-4-14(5-3-1)18-10-15(18)12-27-17-8-6-16(7-9-17)25-20-19-11-24-26-21(19)23-13-22-20/h1-5,11,13,15-18H,6-10,12H2,(H2,22,23,24,25,26)/t15-,16-,17-,18-/m1/s1. The molecule has 2 saturated carbocycles. The summed E-state index contributed by atoms with van der Waals surface area (Å²) in [5, 5.41) is 11.5. The second kappa shape index (κ2) is 7.27. The summed E-state index contributed by atoms with van der Waals surface area (Å²) in [5.41, 5.74) is 2.25. The molecule has 0 aliphatic heterocycles. The van der Waals surface area contributed by atoms with Gasteiger partial charge in [0.1, 0.15) is 12.1 Å². The Balaban J connectivity index is 1.08. The maximum atomic E-state index is 6.25. The minimum Gasteiger partial charge on any atom is -0.378 e. The van der Waals surface area contributed by atoms with E-state index in [1.165, 1.54) is 12.0 Å². The van der Waals surface area contributed by atoms with Gasteiger partial charge in [0.2, 0.25) is 0 Å². The molecular weight excluding hydrogens is 338 g/mol. The number of fused-ring (bicyclic) bond motifs is 1. The number of aromatic nitrogens is 4. The van der Waals surface area contributed by atoms with Crippen molar-refractivity contribution in [3.63, 3.8) is 0 Å². The summed E-state index contributed by atoms with van der Waals surface area (Å²) in [4.78, 5) is 8.58. The molecule has 3 aromatic rings. The van der Waals surface area contributed by atoms with E-state index in [1.807, 2.05) is 0 Å². The van der Waals surface area contributed by atoms with Crippen LogP contribution in [-0.2, 0) is 4.74 Å². The van der Waals surface area contributed by atoms with Crippen LogP contribution in [0.3, 0.4) is 0 Å². The number of aromatic amines is 1. The van der Waals surface area contributed by atoms with E-state index in [4.69, 9.17) is 4.74 Å². The number of benzene rings is 1. The molecule has 2 atom stereocenters. The van der Waals surface area contributed by atoms with Crippen LogP contribution in [0.2, 0.25) is 0 Å². The van der Waals surface area contributed by atoms with E-state index in [-0.39, 0.29) is 0 Å². The van der Waals surface area contributed by atoms with Crippen molar-refractivity contribution in [2.45, 2.75) is 50.2 Å². The molecule has 2 aliphatic rings. The second-order valence-corrected chi connectivity index (χ2v) is 7.82. The first-order valence-electron chi connectivity index (χ1n) is 9.94. The molecule has 0 amide bonds. The molecule has 5 rings (SSSR count). The van der Waals surface area contributed by atoms with Gasteiger partial charge >= 0.3 is 0 Å². The zero-order valence-corrected chi connectivity index (χ0v) is 15.3. The Morgan fingerprint density at radius 3 is 2.78 bits per heavy atom. The Labute approximate surface area is 158 Å². The molecule has 2 N–H and O–H groups in total. The molecule has 2 fully saturated rings. The molecule has 1 aromatic carbocycles. The summed E-state index contributed by atoms with van der Waals surface area (Å²) < 4.78 is 6.25. The van der Waals surface area contributed by atoms with Crippen molar-refractivity contribution >= 4 is 16.9 Å². The molecule has 27 heavy (non-hydrogen) atoms. The molecule has 0 radical (unpaired) electrons. The smallest absolute Gasteiger partial charge is 0.160 e. The number of hydrogen-bond donors (Lipinski definition) is 2. The summed E-state index contributed by atoms with van der Waals surface area (Å²) in [5.74, 6) is 2.29. The van der Waals surface area contributed by atoms with Gasteiger partial charge in [0.25, 0.3) is 0 Å². The van der Waals surface area contributed by atoms with Gasteiger partial charge in [-0.25, -0.2) is 9.97 Å². The van der Waals surface area contributed by atoms with Gasteiger partial charge in [0.15, 0.2) is 5.65 Å². The Kier molecular flexibility index (Phi) is 4.49. The normalized spacial score (nSPS) is 27.6. The van der Waals surface area contributed by atoms with Crippen LogP contribution in [0.25, 0.3) is 11.0 Å². The third-order valence-electron chi connectivity index (χ3n) is 5.96. The van der Waals surface area contributed by atoms with Crippen molar-refractivity contribution in [3.05, 3.63) is 48.4 Å². The molecule has 0 spiro atoms. The molecule has 2 heterocycles. The van der Waals surface area contributed by atoms with Gasteiger partial charge in [0, 0.05) is 6.04 Å². The molecule has 6 heteroatoms. The van der Waals surface area contributed by atoms with Crippen LogP contribution in [0, 0.1) is 5.92 Å². The lowest BCUT2D eigenvalue weighted by molar-refractivity contribution is 0.0196. The molecule has 6 nitrogen and oxygen atoms in total. The summed E-state index contributed by atoms with van der Waals surface area (Å²) >= 11 is 0. The van der Waals surface area contributed by atoms with Crippen LogP contribution in [0.5, 0.6) is 0 Å². The van der Waals surface area contributed by atoms with Crippen LogP contribution in [0.4, 0.5) is 5.82 Å². The van der Waals surface area contributed by atoms with Gasteiger partial charge in [-0.3, -0.25) is 5.10 Å². The molecule has 0 bridgehead atoms. The number of hydrogen-bond acceptors (Lipinski definition) is 5.